The molecule has 0 radical (unpaired) electrons. The molecule has 1 aliphatic rings. The van der Waals surface area contributed by atoms with Gasteiger partial charge in [-0.25, -0.2) is 0 Å². The predicted molar refractivity (Wildman–Crippen MR) is 50.6 cm³/mol. The molecule has 0 aromatic rings. The summed E-state index contributed by atoms with van der Waals surface area (Å²) in [6.45, 7) is 4.74. The summed E-state index contributed by atoms with van der Waals surface area (Å²) in [5.74, 6) is 0. The molecular formula is C8H18ClNO2. The van der Waals surface area contributed by atoms with Gasteiger partial charge in [0.1, 0.15) is 5.60 Å². The quantitative estimate of drug-likeness (QED) is 0.564. The third-order valence-corrected chi connectivity index (χ3v) is 2.50. The molecule has 1 fully saturated rings. The van der Waals surface area contributed by atoms with Gasteiger partial charge in [0.25, 0.3) is 0 Å². The van der Waals surface area contributed by atoms with E-state index in [-0.39, 0.29) is 12.4 Å². The van der Waals surface area contributed by atoms with Crippen LogP contribution in [0.15, 0.2) is 0 Å². The van der Waals surface area contributed by atoms with Crippen LogP contribution in [0, 0.1) is 0 Å². The third-order valence-electron chi connectivity index (χ3n) is 2.50. The lowest BCUT2D eigenvalue weighted by Crippen LogP contribution is -2.58. The highest BCUT2D eigenvalue weighted by atomic mass is 35.5. The Bertz CT molecular complexity index is 138. The van der Waals surface area contributed by atoms with Gasteiger partial charge in [-0.3, -0.25) is 0 Å². The lowest BCUT2D eigenvalue weighted by molar-refractivity contribution is -0.140. The van der Waals surface area contributed by atoms with Crippen molar-refractivity contribution in [1.82, 2.24) is 5.32 Å². The molecule has 0 aromatic heterocycles. The van der Waals surface area contributed by atoms with Gasteiger partial charge in [-0.2, -0.15) is 0 Å². The van der Waals surface area contributed by atoms with E-state index in [4.69, 9.17) is 0 Å². The topological polar surface area (TPSA) is 52.5 Å². The van der Waals surface area contributed by atoms with E-state index in [9.17, 15) is 10.2 Å². The molecule has 1 saturated heterocycles. The lowest BCUT2D eigenvalue weighted by Gasteiger charge is -2.41. The molecule has 12 heavy (non-hydrogen) atoms. The summed E-state index contributed by atoms with van der Waals surface area (Å²) < 4.78 is 0. The number of β-amino-alcohol motifs (C(OH)–C–C–N with tert-alkyl or cyclic N) is 1. The van der Waals surface area contributed by atoms with Crippen LogP contribution in [0.25, 0.3) is 0 Å². The van der Waals surface area contributed by atoms with Gasteiger partial charge in [0.15, 0.2) is 0 Å². The van der Waals surface area contributed by atoms with Gasteiger partial charge in [0.2, 0.25) is 0 Å². The SMILES string of the molecule is CC(C)(O)[C@]1(O)CCCNC1.Cl. The van der Waals surface area contributed by atoms with Crippen LogP contribution >= 0.6 is 12.4 Å². The van der Waals surface area contributed by atoms with Crippen molar-refractivity contribution in [3.05, 3.63) is 0 Å². The van der Waals surface area contributed by atoms with Crippen LogP contribution in [0.3, 0.4) is 0 Å². The van der Waals surface area contributed by atoms with E-state index in [1.54, 1.807) is 13.8 Å². The van der Waals surface area contributed by atoms with Gasteiger partial charge in [-0.1, -0.05) is 0 Å². The molecule has 1 aliphatic heterocycles. The first kappa shape index (κ1) is 12.2. The maximum Gasteiger partial charge on any atom is 0.105 e. The highest BCUT2D eigenvalue weighted by molar-refractivity contribution is 5.85. The van der Waals surface area contributed by atoms with E-state index in [1.807, 2.05) is 0 Å². The second kappa shape index (κ2) is 3.92. The summed E-state index contributed by atoms with van der Waals surface area (Å²) in [5, 5.41) is 22.6. The standard InChI is InChI=1S/C8H17NO2.ClH/c1-7(2,10)8(11)4-3-5-9-6-8;/h9-11H,3-6H2,1-2H3;1H/t8-;/m0./s1. The van der Waals surface area contributed by atoms with Gasteiger partial charge in [-0.05, 0) is 33.2 Å². The fourth-order valence-corrected chi connectivity index (χ4v) is 1.41. The maximum atomic E-state index is 9.90. The van der Waals surface area contributed by atoms with E-state index < -0.39 is 11.2 Å². The minimum absolute atomic E-state index is 0. The molecule has 0 aromatic carbocycles. The largest absolute Gasteiger partial charge is 0.387 e. The van der Waals surface area contributed by atoms with Crippen LogP contribution in [0.5, 0.6) is 0 Å². The smallest absolute Gasteiger partial charge is 0.105 e. The van der Waals surface area contributed by atoms with Gasteiger partial charge < -0.3 is 15.5 Å². The minimum Gasteiger partial charge on any atom is -0.387 e. The van der Waals surface area contributed by atoms with E-state index in [1.165, 1.54) is 0 Å². The summed E-state index contributed by atoms with van der Waals surface area (Å²) in [6, 6.07) is 0. The van der Waals surface area contributed by atoms with Crippen molar-refractivity contribution in [2.24, 2.45) is 0 Å². The number of hydrogen-bond acceptors (Lipinski definition) is 3. The molecule has 0 saturated carbocycles. The molecule has 0 amide bonds. The van der Waals surface area contributed by atoms with E-state index >= 15 is 0 Å². The Labute approximate surface area is 79.6 Å². The predicted octanol–water partition coefficient (Wildman–Crippen LogP) is 0.294. The highest BCUT2D eigenvalue weighted by Crippen LogP contribution is 2.27. The zero-order chi connectivity index (χ0) is 8.54. The third kappa shape index (κ3) is 2.33. The van der Waals surface area contributed by atoms with Gasteiger partial charge in [-0.15, -0.1) is 12.4 Å². The molecule has 3 N–H and O–H groups in total. The Morgan fingerprint density at radius 1 is 1.42 bits per heavy atom. The first-order valence-corrected chi connectivity index (χ1v) is 4.11. The summed E-state index contributed by atoms with van der Waals surface area (Å²) >= 11 is 0. The number of aliphatic hydroxyl groups is 2. The zero-order valence-electron chi connectivity index (χ0n) is 7.63. The summed E-state index contributed by atoms with van der Waals surface area (Å²) in [5.41, 5.74) is -1.94. The fourth-order valence-electron chi connectivity index (χ4n) is 1.41. The molecule has 1 atom stereocenters. The molecule has 3 nitrogen and oxygen atoms in total. The first-order valence-electron chi connectivity index (χ1n) is 4.11. The first-order chi connectivity index (χ1) is 4.96. The van der Waals surface area contributed by atoms with E-state index in [0.717, 1.165) is 13.0 Å². The summed E-state index contributed by atoms with van der Waals surface area (Å²) in [7, 11) is 0. The summed E-state index contributed by atoms with van der Waals surface area (Å²) in [6.07, 6.45) is 1.62. The number of nitrogens with one attached hydrogen (secondary N) is 1. The van der Waals surface area contributed by atoms with E-state index in [2.05, 4.69) is 5.32 Å². The molecule has 1 heterocycles. The van der Waals surface area contributed by atoms with Crippen LogP contribution in [-0.4, -0.2) is 34.5 Å². The van der Waals surface area contributed by atoms with Gasteiger partial charge >= 0.3 is 0 Å². The Morgan fingerprint density at radius 3 is 2.25 bits per heavy atom. The molecule has 74 valence electrons. The maximum absolute atomic E-state index is 9.90. The van der Waals surface area contributed by atoms with Crippen LogP contribution in [0.1, 0.15) is 26.7 Å². The normalized spacial score (nSPS) is 31.0. The second-order valence-corrected chi connectivity index (χ2v) is 3.87. The molecule has 0 aliphatic carbocycles. The Hall–Kier alpha value is 0.170. The summed E-state index contributed by atoms with van der Waals surface area (Å²) in [4.78, 5) is 0. The van der Waals surface area contributed by atoms with Crippen molar-refractivity contribution < 1.29 is 10.2 Å². The van der Waals surface area contributed by atoms with Crippen molar-refractivity contribution in [3.63, 3.8) is 0 Å². The van der Waals surface area contributed by atoms with Crippen molar-refractivity contribution in [3.8, 4) is 0 Å². The van der Waals surface area contributed by atoms with Crippen LogP contribution in [0.4, 0.5) is 0 Å². The highest BCUT2D eigenvalue weighted by Gasteiger charge is 2.42. The van der Waals surface area contributed by atoms with Crippen molar-refractivity contribution in [1.29, 1.82) is 0 Å². The zero-order valence-corrected chi connectivity index (χ0v) is 8.45. The number of hydrogen-bond donors (Lipinski definition) is 3. The van der Waals surface area contributed by atoms with Crippen molar-refractivity contribution in [2.75, 3.05) is 13.1 Å². The van der Waals surface area contributed by atoms with Crippen molar-refractivity contribution in [2.45, 2.75) is 37.9 Å². The molecule has 0 spiro atoms. The Balaban J connectivity index is 0.00000121. The van der Waals surface area contributed by atoms with Crippen LogP contribution < -0.4 is 5.32 Å². The lowest BCUT2D eigenvalue weighted by atomic mass is 9.80. The number of rotatable bonds is 1. The van der Waals surface area contributed by atoms with Gasteiger partial charge in [0, 0.05) is 6.54 Å². The Morgan fingerprint density at radius 2 is 2.00 bits per heavy atom. The van der Waals surface area contributed by atoms with Crippen LogP contribution in [0.2, 0.25) is 0 Å². The molecule has 4 heteroatoms. The Kier molecular flexibility index (Phi) is 3.97. The number of halogens is 1. The number of piperidine rings is 1. The average Bonchev–Trinajstić information content (AvgIpc) is 1.87. The minimum atomic E-state index is -1.000. The molecule has 0 bridgehead atoms. The molecule has 1 rings (SSSR count). The second-order valence-electron chi connectivity index (χ2n) is 3.87. The van der Waals surface area contributed by atoms with Gasteiger partial charge in [0.05, 0.1) is 5.60 Å². The average molecular weight is 196 g/mol. The van der Waals surface area contributed by atoms with Crippen LogP contribution in [-0.2, 0) is 0 Å². The molecule has 0 unspecified atom stereocenters. The van der Waals surface area contributed by atoms with E-state index in [0.29, 0.717) is 13.0 Å². The fraction of sp³-hybridized carbons (Fsp3) is 1.00. The monoisotopic (exact) mass is 195 g/mol. The van der Waals surface area contributed by atoms with Crippen molar-refractivity contribution >= 4 is 12.4 Å². The molecular weight excluding hydrogens is 178 g/mol.